The van der Waals surface area contributed by atoms with E-state index in [2.05, 4.69) is 0 Å². The summed E-state index contributed by atoms with van der Waals surface area (Å²) >= 11 is 0. The van der Waals surface area contributed by atoms with Crippen molar-refractivity contribution in [1.82, 2.24) is 4.90 Å². The van der Waals surface area contributed by atoms with Gasteiger partial charge in [0.05, 0.1) is 18.5 Å². The second kappa shape index (κ2) is 8.30. The molecule has 2 aromatic rings. The third kappa shape index (κ3) is 3.69. The Morgan fingerprint density at radius 2 is 1.66 bits per heavy atom. The molecule has 2 amide bonds. The lowest BCUT2D eigenvalue weighted by atomic mass is 9.73. The Morgan fingerprint density at radius 3 is 2.38 bits per heavy atom. The van der Waals surface area contributed by atoms with Gasteiger partial charge in [0.1, 0.15) is 18.0 Å². The fourth-order valence-electron chi connectivity index (χ4n) is 5.24. The van der Waals surface area contributed by atoms with Crippen molar-refractivity contribution in [3.8, 4) is 0 Å². The van der Waals surface area contributed by atoms with Crippen LogP contribution < -0.4 is 4.90 Å². The van der Waals surface area contributed by atoms with Crippen LogP contribution >= 0.6 is 0 Å². The summed E-state index contributed by atoms with van der Waals surface area (Å²) in [4.78, 5) is 30.0. The molecule has 0 aromatic heterocycles. The van der Waals surface area contributed by atoms with Gasteiger partial charge in [-0.3, -0.25) is 9.59 Å². The van der Waals surface area contributed by atoms with E-state index in [-0.39, 0.29) is 24.2 Å². The molecule has 168 valence electrons. The van der Waals surface area contributed by atoms with Crippen LogP contribution in [0.3, 0.4) is 0 Å². The minimum Gasteiger partial charge on any atom is -0.381 e. The molecule has 7 heteroatoms. The van der Waals surface area contributed by atoms with Crippen LogP contribution in [-0.4, -0.2) is 61.8 Å². The van der Waals surface area contributed by atoms with Gasteiger partial charge in [-0.05, 0) is 49.1 Å². The Labute approximate surface area is 186 Å². The van der Waals surface area contributed by atoms with Gasteiger partial charge in [0.2, 0.25) is 5.91 Å². The van der Waals surface area contributed by atoms with Crippen molar-refractivity contribution < 1.29 is 23.5 Å². The molecule has 1 spiro atoms. The lowest BCUT2D eigenvalue weighted by Crippen LogP contribution is -2.57. The second-order valence-electron chi connectivity index (χ2n) is 8.97. The smallest absolute Gasteiger partial charge is 0.253 e. The summed E-state index contributed by atoms with van der Waals surface area (Å²) in [5, 5.41) is 0. The van der Waals surface area contributed by atoms with Gasteiger partial charge in [0, 0.05) is 25.4 Å². The van der Waals surface area contributed by atoms with E-state index in [4.69, 9.17) is 9.47 Å². The highest BCUT2D eigenvalue weighted by Gasteiger charge is 2.51. The molecule has 5 rings (SSSR count). The molecule has 0 bridgehead atoms. The van der Waals surface area contributed by atoms with Crippen LogP contribution in [0.4, 0.5) is 10.1 Å². The first-order valence-corrected chi connectivity index (χ1v) is 11.1. The summed E-state index contributed by atoms with van der Waals surface area (Å²) in [5.74, 6) is -0.389. The summed E-state index contributed by atoms with van der Waals surface area (Å²) in [5.41, 5.74) is 0.476. The van der Waals surface area contributed by atoms with Crippen molar-refractivity contribution in [1.29, 1.82) is 0 Å². The highest BCUT2D eigenvalue weighted by Crippen LogP contribution is 2.40. The molecule has 0 radical (unpaired) electrons. The van der Waals surface area contributed by atoms with Crippen molar-refractivity contribution in [3.05, 3.63) is 66.0 Å². The maximum atomic E-state index is 13.9. The third-order valence-corrected chi connectivity index (χ3v) is 7.07. The Balaban J connectivity index is 1.37. The number of hydrogen-bond donors (Lipinski definition) is 0. The summed E-state index contributed by atoms with van der Waals surface area (Å²) < 4.78 is 25.0. The van der Waals surface area contributed by atoms with Crippen LogP contribution in [0.1, 0.15) is 24.8 Å². The number of halogens is 1. The molecule has 3 fully saturated rings. The fraction of sp³-hybridized carbons (Fsp3) is 0.440. The number of hydrogen-bond acceptors (Lipinski definition) is 4. The van der Waals surface area contributed by atoms with Gasteiger partial charge in [-0.25, -0.2) is 4.39 Å². The number of anilines is 1. The molecule has 1 unspecified atom stereocenters. The molecule has 3 aliphatic heterocycles. The van der Waals surface area contributed by atoms with Crippen LogP contribution in [-0.2, 0) is 24.5 Å². The Kier molecular flexibility index (Phi) is 5.47. The van der Waals surface area contributed by atoms with Crippen LogP contribution in [0, 0.1) is 5.82 Å². The topological polar surface area (TPSA) is 59.1 Å². The van der Waals surface area contributed by atoms with Crippen LogP contribution in [0.15, 0.2) is 54.6 Å². The van der Waals surface area contributed by atoms with Gasteiger partial charge in [-0.2, -0.15) is 0 Å². The van der Waals surface area contributed by atoms with Gasteiger partial charge in [0.15, 0.2) is 0 Å². The minimum absolute atomic E-state index is 0.0446. The van der Waals surface area contributed by atoms with Gasteiger partial charge in [-0.1, -0.05) is 30.3 Å². The van der Waals surface area contributed by atoms with Crippen LogP contribution in [0.2, 0.25) is 0 Å². The van der Waals surface area contributed by atoms with E-state index in [9.17, 15) is 14.0 Å². The summed E-state index contributed by atoms with van der Waals surface area (Å²) in [6.07, 6.45) is 1.96. The minimum atomic E-state index is -0.610. The molecular weight excluding hydrogens is 411 g/mol. The number of ether oxygens (including phenoxy) is 2. The molecule has 0 aliphatic carbocycles. The number of amides is 2. The first-order chi connectivity index (χ1) is 15.5. The molecule has 2 aromatic carbocycles. The van der Waals surface area contributed by atoms with Crippen LogP contribution in [0.25, 0.3) is 0 Å². The van der Waals surface area contributed by atoms with E-state index >= 15 is 0 Å². The van der Waals surface area contributed by atoms with Crippen molar-refractivity contribution >= 4 is 17.5 Å². The van der Waals surface area contributed by atoms with Crippen molar-refractivity contribution in [2.24, 2.45) is 0 Å². The third-order valence-electron chi connectivity index (χ3n) is 7.07. The molecule has 0 N–H and O–H groups in total. The predicted molar refractivity (Wildman–Crippen MR) is 117 cm³/mol. The summed E-state index contributed by atoms with van der Waals surface area (Å²) in [7, 11) is 0. The number of nitrogens with zero attached hydrogens (tertiary/aromatic N) is 2. The zero-order valence-electron chi connectivity index (χ0n) is 18.0. The van der Waals surface area contributed by atoms with Gasteiger partial charge in [0.25, 0.3) is 5.91 Å². The maximum Gasteiger partial charge on any atom is 0.253 e. The SMILES string of the molecule is O=C1COC2(CCN(C(=O)C3(c4ccccc4)CCOCC3)C2)CN1c1ccc(F)cc1. The van der Waals surface area contributed by atoms with E-state index in [1.54, 1.807) is 17.0 Å². The Morgan fingerprint density at radius 1 is 0.938 bits per heavy atom. The lowest BCUT2D eigenvalue weighted by molar-refractivity contribution is -0.144. The number of carbonyl (C=O) groups excluding carboxylic acids is 2. The lowest BCUT2D eigenvalue weighted by Gasteiger charge is -2.42. The molecule has 0 saturated carbocycles. The zero-order valence-corrected chi connectivity index (χ0v) is 18.0. The molecule has 1 atom stereocenters. The van der Waals surface area contributed by atoms with Gasteiger partial charge >= 0.3 is 0 Å². The molecule has 3 aliphatic rings. The average Bonchev–Trinajstić information content (AvgIpc) is 3.25. The highest BCUT2D eigenvalue weighted by atomic mass is 19.1. The second-order valence-corrected chi connectivity index (χ2v) is 8.97. The van der Waals surface area contributed by atoms with E-state index in [1.165, 1.54) is 12.1 Å². The number of likely N-dealkylation sites (tertiary alicyclic amines) is 1. The Bertz CT molecular complexity index is 991. The Hall–Kier alpha value is -2.77. The number of carbonyl (C=O) groups is 2. The first-order valence-electron chi connectivity index (χ1n) is 11.1. The normalized spacial score (nSPS) is 25.3. The highest BCUT2D eigenvalue weighted by molar-refractivity contribution is 5.95. The molecular formula is C25H27FN2O4. The van der Waals surface area contributed by atoms with E-state index in [0.29, 0.717) is 57.8 Å². The van der Waals surface area contributed by atoms with Crippen LogP contribution in [0.5, 0.6) is 0 Å². The first kappa shape index (κ1) is 21.1. The molecule has 32 heavy (non-hydrogen) atoms. The standard InChI is InChI=1S/C25H27FN2O4/c26-20-6-8-21(9-7-20)28-18-24(32-16-22(28)29)10-13-27(17-24)23(30)25(11-14-31-15-12-25)19-4-2-1-3-5-19/h1-9H,10-18H2. The summed E-state index contributed by atoms with van der Waals surface area (Å²) in [6, 6.07) is 15.9. The zero-order chi connectivity index (χ0) is 22.2. The van der Waals surface area contributed by atoms with Crippen molar-refractivity contribution in [3.63, 3.8) is 0 Å². The number of benzene rings is 2. The van der Waals surface area contributed by atoms with E-state index in [1.807, 2.05) is 35.2 Å². The van der Waals surface area contributed by atoms with Crippen molar-refractivity contribution in [2.75, 3.05) is 44.4 Å². The summed E-state index contributed by atoms with van der Waals surface area (Å²) in [6.45, 7) is 2.44. The quantitative estimate of drug-likeness (QED) is 0.740. The molecule has 6 nitrogen and oxygen atoms in total. The average molecular weight is 438 g/mol. The van der Waals surface area contributed by atoms with Gasteiger partial charge < -0.3 is 19.3 Å². The predicted octanol–water partition coefficient (Wildman–Crippen LogP) is 2.91. The molecule has 3 saturated heterocycles. The van der Waals surface area contributed by atoms with Gasteiger partial charge in [-0.15, -0.1) is 0 Å². The van der Waals surface area contributed by atoms with Crippen molar-refractivity contribution in [2.45, 2.75) is 30.3 Å². The number of rotatable bonds is 3. The fourth-order valence-corrected chi connectivity index (χ4v) is 5.24. The van der Waals surface area contributed by atoms with E-state index in [0.717, 1.165) is 5.56 Å². The van der Waals surface area contributed by atoms with E-state index < -0.39 is 11.0 Å². The number of morpholine rings is 1. The molecule has 3 heterocycles. The maximum absolute atomic E-state index is 13.9. The largest absolute Gasteiger partial charge is 0.381 e. The monoisotopic (exact) mass is 438 g/mol.